The molecule has 0 aliphatic heterocycles. The van der Waals surface area contributed by atoms with Crippen LogP contribution in [0, 0.1) is 17.0 Å². The van der Waals surface area contributed by atoms with Crippen molar-refractivity contribution in [1.82, 2.24) is 25.0 Å². The molecule has 1 aromatic heterocycles. The van der Waals surface area contributed by atoms with E-state index >= 15 is 0 Å². The van der Waals surface area contributed by atoms with Crippen molar-refractivity contribution in [1.29, 1.82) is 0 Å². The molecule has 3 aromatic rings. The standard InChI is InChI=1S/C22H26N6O6S/c1-16-21(25-26-27(16)17-9-8-10-18(15-17)34-2)22(29)23-13-6-3-7-14-24-35(32,33)20-12-5-4-11-19(20)28(30)31/h4-5,8-12,15,24H,3,6-7,13-14H2,1-2H3,(H,23,29). The summed E-state index contributed by atoms with van der Waals surface area (Å²) < 4.78 is 33.9. The molecule has 0 radical (unpaired) electrons. The Balaban J connectivity index is 1.44. The van der Waals surface area contributed by atoms with Crippen molar-refractivity contribution in [3.63, 3.8) is 0 Å². The average molecular weight is 503 g/mol. The molecule has 35 heavy (non-hydrogen) atoms. The van der Waals surface area contributed by atoms with Crippen LogP contribution in [0.4, 0.5) is 5.69 Å². The van der Waals surface area contributed by atoms with E-state index in [2.05, 4.69) is 20.4 Å². The maximum atomic E-state index is 12.5. The first kappa shape index (κ1) is 25.8. The van der Waals surface area contributed by atoms with Gasteiger partial charge in [-0.25, -0.2) is 17.8 Å². The number of hydrogen-bond donors (Lipinski definition) is 2. The maximum Gasteiger partial charge on any atom is 0.289 e. The zero-order valence-electron chi connectivity index (χ0n) is 19.3. The highest BCUT2D eigenvalue weighted by Crippen LogP contribution is 2.22. The van der Waals surface area contributed by atoms with Crippen LogP contribution >= 0.6 is 0 Å². The van der Waals surface area contributed by atoms with E-state index in [1.165, 1.54) is 18.2 Å². The Morgan fingerprint density at radius 1 is 1.11 bits per heavy atom. The second-order valence-corrected chi connectivity index (χ2v) is 9.31. The maximum absolute atomic E-state index is 12.5. The van der Waals surface area contributed by atoms with Crippen molar-refractivity contribution in [3.8, 4) is 11.4 Å². The molecule has 1 amide bonds. The van der Waals surface area contributed by atoms with Crippen molar-refractivity contribution < 1.29 is 22.9 Å². The van der Waals surface area contributed by atoms with Gasteiger partial charge in [0, 0.05) is 25.2 Å². The number of aromatic nitrogens is 3. The van der Waals surface area contributed by atoms with Crippen LogP contribution in [0.2, 0.25) is 0 Å². The predicted octanol–water partition coefficient (Wildman–Crippen LogP) is 2.37. The molecule has 2 N–H and O–H groups in total. The number of nitro groups is 1. The lowest BCUT2D eigenvalue weighted by Crippen LogP contribution is -2.27. The molecule has 13 heteroatoms. The van der Waals surface area contributed by atoms with Gasteiger partial charge in [0.2, 0.25) is 10.0 Å². The van der Waals surface area contributed by atoms with Crippen molar-refractivity contribution in [2.24, 2.45) is 0 Å². The fourth-order valence-electron chi connectivity index (χ4n) is 3.36. The smallest absolute Gasteiger partial charge is 0.289 e. The van der Waals surface area contributed by atoms with Crippen molar-refractivity contribution in [2.45, 2.75) is 31.1 Å². The van der Waals surface area contributed by atoms with Gasteiger partial charge in [-0.3, -0.25) is 14.9 Å². The van der Waals surface area contributed by atoms with Crippen molar-refractivity contribution in [3.05, 3.63) is 70.0 Å². The molecule has 2 aromatic carbocycles. The number of nitrogens with zero attached hydrogens (tertiary/aromatic N) is 4. The quantitative estimate of drug-likeness (QED) is 0.217. The average Bonchev–Trinajstić information content (AvgIpc) is 3.24. The largest absolute Gasteiger partial charge is 0.497 e. The number of rotatable bonds is 12. The lowest BCUT2D eigenvalue weighted by atomic mass is 10.2. The number of hydrogen-bond acceptors (Lipinski definition) is 8. The Kier molecular flexibility index (Phi) is 8.49. The Bertz CT molecular complexity index is 1310. The molecular formula is C22H26N6O6S. The van der Waals surface area contributed by atoms with Gasteiger partial charge < -0.3 is 10.1 Å². The van der Waals surface area contributed by atoms with E-state index in [0.29, 0.717) is 37.3 Å². The van der Waals surface area contributed by atoms with Crippen LogP contribution in [-0.2, 0) is 10.0 Å². The molecule has 0 spiro atoms. The monoisotopic (exact) mass is 502 g/mol. The van der Waals surface area contributed by atoms with E-state index in [1.54, 1.807) is 30.8 Å². The molecule has 0 atom stereocenters. The van der Waals surface area contributed by atoms with Crippen LogP contribution in [0.3, 0.4) is 0 Å². The summed E-state index contributed by atoms with van der Waals surface area (Å²) in [5, 5.41) is 21.9. The molecule has 0 saturated carbocycles. The highest BCUT2D eigenvalue weighted by Gasteiger charge is 2.24. The fourth-order valence-corrected chi connectivity index (χ4v) is 4.60. The van der Waals surface area contributed by atoms with Crippen molar-refractivity contribution >= 4 is 21.6 Å². The Morgan fingerprint density at radius 3 is 2.60 bits per heavy atom. The molecule has 1 heterocycles. The van der Waals surface area contributed by atoms with E-state index in [9.17, 15) is 23.3 Å². The SMILES string of the molecule is COc1cccc(-n2nnc(C(=O)NCCCCCNS(=O)(=O)c3ccccc3[N+](=O)[O-])c2C)c1. The first-order valence-electron chi connectivity index (χ1n) is 10.8. The third-order valence-corrected chi connectivity index (χ3v) is 6.70. The van der Waals surface area contributed by atoms with Crippen LogP contribution in [0.1, 0.15) is 35.4 Å². The second-order valence-electron chi connectivity index (χ2n) is 7.58. The van der Waals surface area contributed by atoms with Gasteiger partial charge in [-0.05, 0) is 38.0 Å². The highest BCUT2D eigenvalue weighted by molar-refractivity contribution is 7.89. The highest BCUT2D eigenvalue weighted by atomic mass is 32.2. The lowest BCUT2D eigenvalue weighted by molar-refractivity contribution is -0.387. The van der Waals surface area contributed by atoms with Gasteiger partial charge in [0.1, 0.15) is 5.75 Å². The minimum atomic E-state index is -3.99. The number of carbonyl (C=O) groups excluding carboxylic acids is 1. The third-order valence-electron chi connectivity index (χ3n) is 5.19. The van der Waals surface area contributed by atoms with E-state index in [0.717, 1.165) is 11.8 Å². The predicted molar refractivity (Wildman–Crippen MR) is 127 cm³/mol. The van der Waals surface area contributed by atoms with E-state index in [-0.39, 0.29) is 23.0 Å². The molecule has 0 bridgehead atoms. The summed E-state index contributed by atoms with van der Waals surface area (Å²) in [6.07, 6.45) is 1.75. The van der Waals surface area contributed by atoms with Crippen LogP contribution in [0.15, 0.2) is 53.4 Å². The number of unbranched alkanes of at least 4 members (excludes halogenated alkanes) is 2. The fraction of sp³-hybridized carbons (Fsp3) is 0.318. The van der Waals surface area contributed by atoms with Crippen molar-refractivity contribution in [2.75, 3.05) is 20.2 Å². The van der Waals surface area contributed by atoms with Gasteiger partial charge >= 0.3 is 0 Å². The zero-order valence-corrected chi connectivity index (χ0v) is 20.1. The molecule has 0 unspecified atom stereocenters. The number of sulfonamides is 1. The zero-order chi connectivity index (χ0) is 25.4. The number of nitro benzene ring substituents is 1. The van der Waals surface area contributed by atoms with E-state index in [1.807, 2.05) is 12.1 Å². The number of amides is 1. The number of carbonyl (C=O) groups is 1. The first-order valence-corrected chi connectivity index (χ1v) is 12.3. The molecule has 186 valence electrons. The number of para-hydroxylation sites is 1. The topological polar surface area (TPSA) is 158 Å². The van der Waals surface area contributed by atoms with Gasteiger partial charge in [-0.15, -0.1) is 5.10 Å². The summed E-state index contributed by atoms with van der Waals surface area (Å²) in [7, 11) is -2.43. The summed E-state index contributed by atoms with van der Waals surface area (Å²) in [4.78, 5) is 22.5. The number of methoxy groups -OCH3 is 1. The molecule has 0 fully saturated rings. The molecular weight excluding hydrogens is 476 g/mol. The first-order chi connectivity index (χ1) is 16.7. The number of nitrogens with one attached hydrogen (secondary N) is 2. The minimum Gasteiger partial charge on any atom is -0.497 e. The molecule has 0 aliphatic rings. The molecule has 3 rings (SSSR count). The van der Waals surface area contributed by atoms with Gasteiger partial charge in [-0.2, -0.15) is 0 Å². The van der Waals surface area contributed by atoms with Gasteiger partial charge in [-0.1, -0.05) is 29.8 Å². The third kappa shape index (κ3) is 6.39. The van der Waals surface area contributed by atoms with Gasteiger partial charge in [0.05, 0.1) is 23.4 Å². The lowest BCUT2D eigenvalue weighted by Gasteiger charge is -2.08. The van der Waals surface area contributed by atoms with Crippen LogP contribution in [0.5, 0.6) is 5.75 Å². The summed E-state index contributed by atoms with van der Waals surface area (Å²) in [6, 6.07) is 12.4. The molecule has 0 aliphatic carbocycles. The minimum absolute atomic E-state index is 0.121. The van der Waals surface area contributed by atoms with E-state index < -0.39 is 20.6 Å². The van der Waals surface area contributed by atoms with Gasteiger partial charge in [0.15, 0.2) is 10.6 Å². The normalized spacial score (nSPS) is 11.3. The van der Waals surface area contributed by atoms with Crippen LogP contribution in [-0.4, -0.2) is 54.4 Å². The Hall–Kier alpha value is -3.84. The van der Waals surface area contributed by atoms with E-state index in [4.69, 9.17) is 4.74 Å². The Labute approximate surface area is 202 Å². The summed E-state index contributed by atoms with van der Waals surface area (Å²) in [5.74, 6) is 0.307. The second kappa shape index (κ2) is 11.5. The summed E-state index contributed by atoms with van der Waals surface area (Å²) >= 11 is 0. The Morgan fingerprint density at radius 2 is 1.86 bits per heavy atom. The van der Waals surface area contributed by atoms with Crippen LogP contribution in [0.25, 0.3) is 5.69 Å². The summed E-state index contributed by atoms with van der Waals surface area (Å²) in [6.45, 7) is 2.25. The molecule has 0 saturated heterocycles. The van der Waals surface area contributed by atoms with Crippen LogP contribution < -0.4 is 14.8 Å². The molecule has 12 nitrogen and oxygen atoms in total. The summed E-state index contributed by atoms with van der Waals surface area (Å²) in [5.41, 5.74) is 1.04. The number of ether oxygens (including phenoxy) is 1. The number of benzene rings is 2. The van der Waals surface area contributed by atoms with Gasteiger partial charge in [0.25, 0.3) is 11.6 Å².